The number of rotatable bonds is 7. The van der Waals surface area contributed by atoms with Crippen molar-refractivity contribution >= 4 is 23.2 Å². The van der Waals surface area contributed by atoms with Crippen LogP contribution in [0.3, 0.4) is 0 Å². The van der Waals surface area contributed by atoms with Crippen molar-refractivity contribution < 1.29 is 14.7 Å². The highest BCUT2D eigenvalue weighted by Crippen LogP contribution is 2.25. The minimum Gasteiger partial charge on any atom is -0.481 e. The summed E-state index contributed by atoms with van der Waals surface area (Å²) < 4.78 is 0. The van der Waals surface area contributed by atoms with Crippen LogP contribution in [0.2, 0.25) is 0 Å². The molecule has 0 radical (unpaired) electrons. The maximum Gasteiger partial charge on any atom is 0.308 e. The van der Waals surface area contributed by atoms with E-state index in [1.807, 2.05) is 6.07 Å². The monoisotopic (exact) mass is 297 g/mol. The molecular weight excluding hydrogens is 274 g/mol. The van der Waals surface area contributed by atoms with Crippen molar-refractivity contribution in [2.24, 2.45) is 5.92 Å². The molecule has 0 spiro atoms. The summed E-state index contributed by atoms with van der Waals surface area (Å²) in [4.78, 5) is 26.7. The van der Waals surface area contributed by atoms with Gasteiger partial charge >= 0.3 is 5.97 Å². The lowest BCUT2D eigenvalue weighted by Crippen LogP contribution is -2.33. The number of hydrogen-bond acceptors (Lipinski definition) is 3. The normalized spacial score (nSPS) is 12.2. The molecule has 0 aliphatic heterocycles. The summed E-state index contributed by atoms with van der Waals surface area (Å²) in [5.74, 6) is -1.51. The number of amides is 1. The Bertz CT molecular complexity index is 481. The van der Waals surface area contributed by atoms with Crippen molar-refractivity contribution in [3.8, 4) is 0 Å². The van der Waals surface area contributed by atoms with Gasteiger partial charge in [0.05, 0.1) is 10.8 Å². The number of nitrogens with zero attached hydrogens (tertiary/aromatic N) is 1. The zero-order valence-electron chi connectivity index (χ0n) is 12.6. The highest BCUT2D eigenvalue weighted by molar-refractivity contribution is 7.14. The third kappa shape index (κ3) is 4.07. The maximum atomic E-state index is 12.3. The lowest BCUT2D eigenvalue weighted by Gasteiger charge is -2.18. The van der Waals surface area contributed by atoms with Crippen molar-refractivity contribution in [3.63, 3.8) is 0 Å². The predicted octanol–water partition coefficient (Wildman–Crippen LogP) is 3.06. The van der Waals surface area contributed by atoms with Gasteiger partial charge in [0.25, 0.3) is 5.91 Å². The van der Waals surface area contributed by atoms with Gasteiger partial charge in [-0.1, -0.05) is 27.2 Å². The minimum absolute atomic E-state index is 0.0832. The van der Waals surface area contributed by atoms with Crippen LogP contribution < -0.4 is 0 Å². The van der Waals surface area contributed by atoms with Gasteiger partial charge in [-0.05, 0) is 24.5 Å². The van der Waals surface area contributed by atoms with Crippen molar-refractivity contribution in [2.75, 3.05) is 13.6 Å². The van der Waals surface area contributed by atoms with Gasteiger partial charge in [-0.25, -0.2) is 0 Å². The van der Waals surface area contributed by atoms with Crippen LogP contribution in [0.4, 0.5) is 0 Å². The fourth-order valence-corrected chi connectivity index (χ4v) is 3.42. The summed E-state index contributed by atoms with van der Waals surface area (Å²) in [7, 11) is 1.66. The van der Waals surface area contributed by atoms with E-state index in [-0.39, 0.29) is 12.5 Å². The lowest BCUT2D eigenvalue weighted by atomic mass is 10.1. The summed E-state index contributed by atoms with van der Waals surface area (Å²) in [5, 5.41) is 8.90. The van der Waals surface area contributed by atoms with Gasteiger partial charge in [0.15, 0.2) is 0 Å². The molecule has 0 aromatic carbocycles. The summed E-state index contributed by atoms with van der Waals surface area (Å²) in [6.45, 7) is 6.06. The molecule has 112 valence electrons. The van der Waals surface area contributed by atoms with Gasteiger partial charge in [0.1, 0.15) is 0 Å². The van der Waals surface area contributed by atoms with E-state index in [1.54, 1.807) is 25.3 Å². The molecule has 0 aliphatic carbocycles. The third-order valence-electron chi connectivity index (χ3n) is 3.28. The van der Waals surface area contributed by atoms with Crippen LogP contribution in [0.15, 0.2) is 6.07 Å². The van der Waals surface area contributed by atoms with Crippen molar-refractivity contribution in [1.29, 1.82) is 0 Å². The van der Waals surface area contributed by atoms with E-state index >= 15 is 0 Å². The molecule has 1 aromatic heterocycles. The van der Waals surface area contributed by atoms with Crippen LogP contribution in [-0.2, 0) is 17.6 Å². The first-order valence-corrected chi connectivity index (χ1v) is 7.82. The average Bonchev–Trinajstić information content (AvgIpc) is 2.81. The Morgan fingerprint density at radius 3 is 2.55 bits per heavy atom. The lowest BCUT2D eigenvalue weighted by molar-refractivity contribution is -0.141. The second kappa shape index (κ2) is 7.43. The van der Waals surface area contributed by atoms with E-state index < -0.39 is 11.9 Å². The Morgan fingerprint density at radius 1 is 1.40 bits per heavy atom. The Balaban J connectivity index is 2.83. The smallest absolute Gasteiger partial charge is 0.308 e. The average molecular weight is 297 g/mol. The van der Waals surface area contributed by atoms with E-state index in [0.29, 0.717) is 4.88 Å². The highest BCUT2D eigenvalue weighted by atomic mass is 32.1. The second-order valence-corrected chi connectivity index (χ2v) is 6.22. The summed E-state index contributed by atoms with van der Waals surface area (Å²) >= 11 is 1.54. The molecule has 20 heavy (non-hydrogen) atoms. The Morgan fingerprint density at radius 2 is 2.05 bits per heavy atom. The van der Waals surface area contributed by atoms with Gasteiger partial charge in [-0.2, -0.15) is 0 Å². The molecule has 1 unspecified atom stereocenters. The molecule has 0 saturated heterocycles. The summed E-state index contributed by atoms with van der Waals surface area (Å²) in [6, 6.07) is 1.96. The molecule has 1 rings (SSSR count). The number of carbonyl (C=O) groups excluding carboxylic acids is 1. The van der Waals surface area contributed by atoms with Crippen LogP contribution >= 0.6 is 11.3 Å². The molecular formula is C15H23NO3S. The topological polar surface area (TPSA) is 57.6 Å². The van der Waals surface area contributed by atoms with E-state index in [9.17, 15) is 9.59 Å². The first-order chi connectivity index (χ1) is 9.40. The van der Waals surface area contributed by atoms with Crippen LogP contribution in [0.1, 0.15) is 47.3 Å². The van der Waals surface area contributed by atoms with E-state index in [1.165, 1.54) is 15.3 Å². The molecule has 0 aliphatic rings. The molecule has 5 heteroatoms. The molecule has 0 fully saturated rings. The molecule has 1 amide bonds. The molecule has 1 aromatic rings. The number of aryl methyl sites for hydroxylation is 2. The molecule has 1 heterocycles. The number of carboxylic acid groups (broad SMARTS) is 1. The third-order valence-corrected chi connectivity index (χ3v) is 4.51. The Hall–Kier alpha value is -1.36. The summed E-state index contributed by atoms with van der Waals surface area (Å²) in [6.07, 6.45) is 2.98. The number of thiophene rings is 1. The van der Waals surface area contributed by atoms with Crippen molar-refractivity contribution in [2.45, 2.75) is 40.0 Å². The van der Waals surface area contributed by atoms with Crippen molar-refractivity contribution in [1.82, 2.24) is 4.90 Å². The van der Waals surface area contributed by atoms with Gasteiger partial charge in [-0.15, -0.1) is 11.3 Å². The number of hydrogen-bond donors (Lipinski definition) is 1. The first-order valence-electron chi connectivity index (χ1n) is 7.00. The minimum atomic E-state index is -0.878. The first kappa shape index (κ1) is 16.7. The Kier molecular flexibility index (Phi) is 6.20. The fraction of sp³-hybridized carbons (Fsp3) is 0.600. The van der Waals surface area contributed by atoms with Gasteiger partial charge in [0, 0.05) is 18.5 Å². The van der Waals surface area contributed by atoms with E-state index in [4.69, 9.17) is 5.11 Å². The molecule has 0 bridgehead atoms. The fourth-order valence-electron chi connectivity index (χ4n) is 2.07. The zero-order chi connectivity index (χ0) is 15.3. The van der Waals surface area contributed by atoms with E-state index in [2.05, 4.69) is 13.8 Å². The Labute approximate surface area is 124 Å². The van der Waals surface area contributed by atoms with Crippen LogP contribution in [0.25, 0.3) is 0 Å². The largest absolute Gasteiger partial charge is 0.481 e. The standard InChI is InChI=1S/C15H23NO3S/c1-5-7-12-11(6-2)8-13(20-12)14(17)16(4)9-10(3)15(18)19/h8,10H,5-7,9H2,1-4H3,(H,18,19). The highest BCUT2D eigenvalue weighted by Gasteiger charge is 2.21. The molecule has 4 nitrogen and oxygen atoms in total. The van der Waals surface area contributed by atoms with Crippen molar-refractivity contribution in [3.05, 3.63) is 21.4 Å². The van der Waals surface area contributed by atoms with Crippen LogP contribution in [-0.4, -0.2) is 35.5 Å². The predicted molar refractivity (Wildman–Crippen MR) is 81.5 cm³/mol. The number of carboxylic acids is 1. The zero-order valence-corrected chi connectivity index (χ0v) is 13.4. The number of aliphatic carboxylic acids is 1. The maximum absolute atomic E-state index is 12.3. The van der Waals surface area contributed by atoms with Crippen LogP contribution in [0, 0.1) is 5.92 Å². The van der Waals surface area contributed by atoms with E-state index in [0.717, 1.165) is 19.3 Å². The summed E-state index contributed by atoms with van der Waals surface area (Å²) in [5.41, 5.74) is 1.24. The number of carbonyl (C=O) groups is 2. The quantitative estimate of drug-likeness (QED) is 0.841. The van der Waals surface area contributed by atoms with Crippen LogP contribution in [0.5, 0.6) is 0 Å². The van der Waals surface area contributed by atoms with Gasteiger partial charge < -0.3 is 10.0 Å². The SMILES string of the molecule is CCCc1sc(C(=O)N(C)CC(C)C(=O)O)cc1CC. The second-order valence-electron chi connectivity index (χ2n) is 5.09. The molecule has 1 atom stereocenters. The molecule has 1 N–H and O–H groups in total. The van der Waals surface area contributed by atoms with Gasteiger partial charge in [-0.3, -0.25) is 9.59 Å². The molecule has 0 saturated carbocycles. The van der Waals surface area contributed by atoms with Gasteiger partial charge in [0.2, 0.25) is 0 Å².